The van der Waals surface area contributed by atoms with E-state index in [4.69, 9.17) is 4.74 Å². The van der Waals surface area contributed by atoms with Gasteiger partial charge in [0.2, 0.25) is 0 Å². The molecule has 1 N–H and O–H groups in total. The van der Waals surface area contributed by atoms with Crippen molar-refractivity contribution in [3.8, 4) is 0 Å². The summed E-state index contributed by atoms with van der Waals surface area (Å²) in [5.41, 5.74) is 2.22. The van der Waals surface area contributed by atoms with Crippen molar-refractivity contribution in [2.24, 2.45) is 0 Å². The molecule has 108 valence electrons. The van der Waals surface area contributed by atoms with Gasteiger partial charge in [-0.2, -0.15) is 0 Å². The molecule has 1 atom stereocenters. The summed E-state index contributed by atoms with van der Waals surface area (Å²) in [5, 5.41) is 2.84. The van der Waals surface area contributed by atoms with Crippen LogP contribution < -0.4 is 5.32 Å². The molecule has 0 aliphatic carbocycles. The van der Waals surface area contributed by atoms with Crippen LogP contribution in [0.5, 0.6) is 0 Å². The van der Waals surface area contributed by atoms with Gasteiger partial charge in [0.05, 0.1) is 6.61 Å². The second-order valence-corrected chi connectivity index (χ2v) is 5.20. The van der Waals surface area contributed by atoms with Crippen LogP contribution in [0, 0.1) is 6.92 Å². The van der Waals surface area contributed by atoms with Crippen molar-refractivity contribution in [3.05, 3.63) is 29.3 Å². The van der Waals surface area contributed by atoms with E-state index in [0.717, 1.165) is 12.1 Å². The number of anilines is 1. The van der Waals surface area contributed by atoms with Gasteiger partial charge in [0.15, 0.2) is 5.78 Å². The highest BCUT2D eigenvalue weighted by molar-refractivity contribution is 5.98. The first-order valence-electron chi connectivity index (χ1n) is 6.70. The predicted molar refractivity (Wildman–Crippen MR) is 77.1 cm³/mol. The van der Waals surface area contributed by atoms with Gasteiger partial charge in [-0.25, -0.2) is 0 Å². The molecule has 0 saturated carbocycles. The minimum absolute atomic E-state index is 0.0256. The second-order valence-electron chi connectivity index (χ2n) is 5.20. The fourth-order valence-electron chi connectivity index (χ4n) is 2.30. The molecule has 20 heavy (non-hydrogen) atoms. The molecule has 1 aliphatic heterocycles. The van der Waals surface area contributed by atoms with Crippen molar-refractivity contribution >= 4 is 17.4 Å². The van der Waals surface area contributed by atoms with Gasteiger partial charge in [-0.05, 0) is 44.7 Å². The Balaban J connectivity index is 2.04. The van der Waals surface area contributed by atoms with Gasteiger partial charge in [0.25, 0.3) is 5.91 Å². The number of benzene rings is 1. The zero-order chi connectivity index (χ0) is 14.7. The lowest BCUT2D eigenvalue weighted by Gasteiger charge is -2.29. The first kappa shape index (κ1) is 14.7. The lowest BCUT2D eigenvalue weighted by Crippen LogP contribution is -2.46. The van der Waals surface area contributed by atoms with E-state index < -0.39 is 6.10 Å². The van der Waals surface area contributed by atoms with Crippen LogP contribution in [0.25, 0.3) is 0 Å². The summed E-state index contributed by atoms with van der Waals surface area (Å²) in [7, 11) is 1.97. The van der Waals surface area contributed by atoms with Gasteiger partial charge in [-0.1, -0.05) is 0 Å². The van der Waals surface area contributed by atoms with Crippen LogP contribution in [0.1, 0.15) is 22.8 Å². The first-order valence-corrected chi connectivity index (χ1v) is 6.70. The monoisotopic (exact) mass is 276 g/mol. The zero-order valence-electron chi connectivity index (χ0n) is 12.1. The largest absolute Gasteiger partial charge is 0.366 e. The summed E-state index contributed by atoms with van der Waals surface area (Å²) in [6, 6.07) is 5.29. The molecule has 5 nitrogen and oxygen atoms in total. The van der Waals surface area contributed by atoms with Crippen LogP contribution in [-0.4, -0.2) is 49.4 Å². The molecular weight excluding hydrogens is 256 g/mol. The van der Waals surface area contributed by atoms with Crippen LogP contribution in [0.2, 0.25) is 0 Å². The van der Waals surface area contributed by atoms with E-state index in [9.17, 15) is 9.59 Å². The van der Waals surface area contributed by atoms with E-state index in [-0.39, 0.29) is 11.7 Å². The average molecular weight is 276 g/mol. The number of carbonyl (C=O) groups is 2. The fraction of sp³-hybridized carbons (Fsp3) is 0.467. The molecule has 0 bridgehead atoms. The summed E-state index contributed by atoms with van der Waals surface area (Å²) >= 11 is 0. The number of ether oxygens (including phenoxy) is 1. The minimum atomic E-state index is -0.443. The summed E-state index contributed by atoms with van der Waals surface area (Å²) in [4.78, 5) is 25.6. The molecule has 0 spiro atoms. The van der Waals surface area contributed by atoms with Gasteiger partial charge >= 0.3 is 0 Å². The van der Waals surface area contributed by atoms with Gasteiger partial charge in [-0.15, -0.1) is 0 Å². The Morgan fingerprint density at radius 3 is 2.75 bits per heavy atom. The molecule has 1 fully saturated rings. The average Bonchev–Trinajstić information content (AvgIpc) is 2.38. The number of likely N-dealkylation sites (N-methyl/N-ethyl adjacent to an activating group) is 1. The number of amides is 1. The van der Waals surface area contributed by atoms with Crippen molar-refractivity contribution in [1.29, 1.82) is 0 Å². The maximum Gasteiger partial charge on any atom is 0.254 e. The number of rotatable bonds is 3. The van der Waals surface area contributed by atoms with E-state index in [1.165, 1.54) is 6.92 Å². The number of hydrogen-bond acceptors (Lipinski definition) is 4. The van der Waals surface area contributed by atoms with Gasteiger partial charge in [0.1, 0.15) is 6.10 Å². The molecule has 5 heteroatoms. The summed E-state index contributed by atoms with van der Waals surface area (Å²) in [6.07, 6.45) is -0.443. The smallest absolute Gasteiger partial charge is 0.254 e. The number of nitrogens with one attached hydrogen (secondary N) is 1. The van der Waals surface area contributed by atoms with Crippen LogP contribution in [0.4, 0.5) is 5.69 Å². The van der Waals surface area contributed by atoms with Crippen LogP contribution >= 0.6 is 0 Å². The number of nitrogens with zero attached hydrogens (tertiary/aromatic N) is 1. The van der Waals surface area contributed by atoms with Crippen LogP contribution in [-0.2, 0) is 9.53 Å². The standard InChI is InChI=1S/C15H20N2O3/c1-10-8-12(4-5-13(10)11(2)18)16-15(19)14-9-17(3)6-7-20-14/h4-5,8,14H,6-7,9H2,1-3H3,(H,16,19). The van der Waals surface area contributed by atoms with Crippen LogP contribution in [0.15, 0.2) is 18.2 Å². The molecule has 2 rings (SSSR count). The predicted octanol–water partition coefficient (Wildman–Crippen LogP) is 1.47. The van der Waals surface area contributed by atoms with Gasteiger partial charge < -0.3 is 15.0 Å². The summed E-state index contributed by atoms with van der Waals surface area (Å²) in [6.45, 7) is 5.40. The number of carbonyl (C=O) groups excluding carboxylic acids is 2. The third-order valence-corrected chi connectivity index (χ3v) is 3.44. The summed E-state index contributed by atoms with van der Waals surface area (Å²) in [5.74, 6) is -0.121. The second kappa shape index (κ2) is 6.15. The van der Waals surface area contributed by atoms with E-state index >= 15 is 0 Å². The molecule has 1 aromatic rings. The van der Waals surface area contributed by atoms with E-state index in [1.807, 2.05) is 14.0 Å². The lowest BCUT2D eigenvalue weighted by atomic mass is 10.0. The first-order chi connectivity index (χ1) is 9.47. The Morgan fingerprint density at radius 1 is 1.40 bits per heavy atom. The van der Waals surface area contributed by atoms with Crippen molar-refractivity contribution in [3.63, 3.8) is 0 Å². The molecule has 1 amide bonds. The van der Waals surface area contributed by atoms with Crippen molar-refractivity contribution < 1.29 is 14.3 Å². The van der Waals surface area contributed by atoms with Crippen LogP contribution in [0.3, 0.4) is 0 Å². The topological polar surface area (TPSA) is 58.6 Å². The van der Waals surface area contributed by atoms with Crippen molar-refractivity contribution in [2.45, 2.75) is 20.0 Å². The SMILES string of the molecule is CC(=O)c1ccc(NC(=O)C2CN(C)CCO2)cc1C. The highest BCUT2D eigenvalue weighted by atomic mass is 16.5. The Labute approximate surface area is 118 Å². The fourth-order valence-corrected chi connectivity index (χ4v) is 2.30. The van der Waals surface area contributed by atoms with Gasteiger partial charge in [-0.3, -0.25) is 9.59 Å². The van der Waals surface area contributed by atoms with Gasteiger partial charge in [0, 0.05) is 24.3 Å². The highest BCUT2D eigenvalue weighted by Gasteiger charge is 2.24. The van der Waals surface area contributed by atoms with E-state index in [1.54, 1.807) is 18.2 Å². The lowest BCUT2D eigenvalue weighted by molar-refractivity contribution is -0.132. The Hall–Kier alpha value is -1.72. The number of hydrogen-bond donors (Lipinski definition) is 1. The molecule has 1 aliphatic rings. The maximum atomic E-state index is 12.1. The van der Waals surface area contributed by atoms with Crippen molar-refractivity contribution in [1.82, 2.24) is 4.90 Å². The number of Topliss-reactive ketones (excluding diaryl/α,β-unsaturated/α-hetero) is 1. The quantitative estimate of drug-likeness (QED) is 0.849. The molecule has 1 heterocycles. The Morgan fingerprint density at radius 2 is 2.15 bits per heavy atom. The molecule has 0 radical (unpaired) electrons. The van der Waals surface area contributed by atoms with E-state index in [0.29, 0.717) is 24.4 Å². The molecule has 1 saturated heterocycles. The normalized spacial score (nSPS) is 19.6. The number of morpholine rings is 1. The molecule has 1 unspecified atom stereocenters. The minimum Gasteiger partial charge on any atom is -0.366 e. The van der Waals surface area contributed by atoms with Crippen molar-refractivity contribution in [2.75, 3.05) is 32.1 Å². The maximum absolute atomic E-state index is 12.1. The number of ketones is 1. The highest BCUT2D eigenvalue weighted by Crippen LogP contribution is 2.16. The third kappa shape index (κ3) is 3.43. The third-order valence-electron chi connectivity index (χ3n) is 3.44. The Bertz CT molecular complexity index is 528. The Kier molecular flexibility index (Phi) is 4.52. The zero-order valence-corrected chi connectivity index (χ0v) is 12.1. The summed E-state index contributed by atoms with van der Waals surface area (Å²) < 4.78 is 5.47. The molecule has 1 aromatic carbocycles. The number of aryl methyl sites for hydroxylation is 1. The molecular formula is C15H20N2O3. The van der Waals surface area contributed by atoms with E-state index in [2.05, 4.69) is 10.2 Å². The molecule has 0 aromatic heterocycles.